The SMILES string of the molecule is CCCCCOc1cccc(C2C(C#N)=C(N)Oc3cc(OC(=O)c4oc5cc(Br)ccc5c4C)ccc32)c1. The highest BCUT2D eigenvalue weighted by atomic mass is 79.9. The van der Waals surface area contributed by atoms with Crippen molar-refractivity contribution in [2.24, 2.45) is 5.73 Å². The second kappa shape index (κ2) is 11.3. The van der Waals surface area contributed by atoms with Gasteiger partial charge in [0.1, 0.15) is 34.5 Å². The first-order valence-electron chi connectivity index (χ1n) is 12.7. The van der Waals surface area contributed by atoms with Crippen LogP contribution in [-0.2, 0) is 0 Å². The Bertz CT molecular complexity index is 1630. The van der Waals surface area contributed by atoms with E-state index in [0.29, 0.717) is 29.1 Å². The summed E-state index contributed by atoms with van der Waals surface area (Å²) in [7, 11) is 0. The molecule has 0 saturated carbocycles. The zero-order valence-electron chi connectivity index (χ0n) is 21.6. The number of allylic oxidation sites excluding steroid dienone is 1. The summed E-state index contributed by atoms with van der Waals surface area (Å²) < 4.78 is 24.0. The number of fused-ring (bicyclic) bond motifs is 2. The van der Waals surface area contributed by atoms with Crippen molar-refractivity contribution in [2.75, 3.05) is 6.61 Å². The van der Waals surface area contributed by atoms with Crippen molar-refractivity contribution in [3.05, 3.63) is 99.0 Å². The van der Waals surface area contributed by atoms with E-state index in [1.807, 2.05) is 43.3 Å². The van der Waals surface area contributed by atoms with Gasteiger partial charge in [0.2, 0.25) is 11.6 Å². The standard InChI is InChI=1S/C31H27BrN2O5/c1-3-4-5-13-36-21-8-6-7-19(14-21)28-24-12-10-22(16-27(24)39-30(34)25(28)17-33)37-31(35)29-18(2)23-11-9-20(32)15-26(23)38-29/h6-12,14-16,28H,3-5,13,34H2,1-2H3. The molecule has 0 spiro atoms. The molecule has 1 aliphatic rings. The maximum absolute atomic E-state index is 13.0. The average molecular weight is 587 g/mol. The summed E-state index contributed by atoms with van der Waals surface area (Å²) in [6, 6.07) is 20.5. The molecule has 1 aromatic heterocycles. The maximum Gasteiger partial charge on any atom is 0.379 e. The molecule has 0 bridgehead atoms. The normalized spacial score (nSPS) is 14.5. The van der Waals surface area contributed by atoms with Crippen molar-refractivity contribution in [2.45, 2.75) is 39.0 Å². The molecule has 0 fully saturated rings. The van der Waals surface area contributed by atoms with Crippen LogP contribution in [0.15, 0.2) is 81.0 Å². The lowest BCUT2D eigenvalue weighted by atomic mass is 9.83. The van der Waals surface area contributed by atoms with Crippen molar-refractivity contribution in [3.8, 4) is 23.3 Å². The lowest BCUT2D eigenvalue weighted by Gasteiger charge is -2.27. The number of hydrogen-bond acceptors (Lipinski definition) is 7. The molecule has 198 valence electrons. The molecule has 7 nitrogen and oxygen atoms in total. The van der Waals surface area contributed by atoms with Gasteiger partial charge >= 0.3 is 5.97 Å². The Hall–Kier alpha value is -4.22. The molecule has 1 unspecified atom stereocenters. The number of furan rings is 1. The number of nitrogens with two attached hydrogens (primary N) is 1. The fourth-order valence-electron chi connectivity index (χ4n) is 4.72. The Balaban J connectivity index is 1.43. The zero-order chi connectivity index (χ0) is 27.5. The van der Waals surface area contributed by atoms with Crippen LogP contribution in [-0.4, -0.2) is 12.6 Å². The smallest absolute Gasteiger partial charge is 0.379 e. The highest BCUT2D eigenvalue weighted by Crippen LogP contribution is 2.44. The number of unbranched alkanes of at least 4 members (excludes halogenated alkanes) is 2. The van der Waals surface area contributed by atoms with E-state index in [4.69, 9.17) is 24.4 Å². The molecule has 0 amide bonds. The Kier molecular flexibility index (Phi) is 7.62. The van der Waals surface area contributed by atoms with Gasteiger partial charge in [-0.05, 0) is 55.3 Å². The molecule has 2 N–H and O–H groups in total. The number of halogens is 1. The van der Waals surface area contributed by atoms with Gasteiger partial charge in [0.25, 0.3) is 0 Å². The van der Waals surface area contributed by atoms with Crippen molar-refractivity contribution >= 4 is 32.9 Å². The van der Waals surface area contributed by atoms with Crippen LogP contribution in [0.4, 0.5) is 0 Å². The van der Waals surface area contributed by atoms with E-state index in [0.717, 1.165) is 46.0 Å². The molecule has 1 aliphatic heterocycles. The van der Waals surface area contributed by atoms with Crippen LogP contribution in [0.2, 0.25) is 0 Å². The van der Waals surface area contributed by atoms with Crippen molar-refractivity contribution in [3.63, 3.8) is 0 Å². The van der Waals surface area contributed by atoms with Crippen LogP contribution in [0, 0.1) is 18.3 Å². The predicted molar refractivity (Wildman–Crippen MR) is 151 cm³/mol. The number of esters is 1. The Labute approximate surface area is 234 Å². The Morgan fingerprint density at radius 1 is 1.10 bits per heavy atom. The van der Waals surface area contributed by atoms with Gasteiger partial charge in [-0.25, -0.2) is 4.79 Å². The Morgan fingerprint density at radius 3 is 2.74 bits per heavy atom. The maximum atomic E-state index is 13.0. The van der Waals surface area contributed by atoms with Crippen LogP contribution < -0.4 is 19.9 Å². The van der Waals surface area contributed by atoms with Crippen molar-refractivity contribution < 1.29 is 23.4 Å². The van der Waals surface area contributed by atoms with E-state index in [1.54, 1.807) is 24.3 Å². The van der Waals surface area contributed by atoms with Gasteiger partial charge < -0.3 is 24.4 Å². The number of hydrogen-bond donors (Lipinski definition) is 1. The number of benzene rings is 3. The number of nitriles is 1. The van der Waals surface area contributed by atoms with E-state index >= 15 is 0 Å². The summed E-state index contributed by atoms with van der Waals surface area (Å²) in [6.07, 6.45) is 3.19. The van der Waals surface area contributed by atoms with Crippen LogP contribution >= 0.6 is 15.9 Å². The third-order valence-corrected chi connectivity index (χ3v) is 7.19. The largest absolute Gasteiger partial charge is 0.494 e. The van der Waals surface area contributed by atoms with E-state index < -0.39 is 11.9 Å². The lowest BCUT2D eigenvalue weighted by Crippen LogP contribution is -2.21. The first-order valence-corrected chi connectivity index (χ1v) is 13.5. The number of carbonyl (C=O) groups is 1. The second-order valence-corrected chi connectivity index (χ2v) is 10.3. The molecule has 3 aromatic carbocycles. The van der Waals surface area contributed by atoms with E-state index in [1.165, 1.54) is 0 Å². The molecule has 39 heavy (non-hydrogen) atoms. The topological polar surface area (TPSA) is 108 Å². The summed E-state index contributed by atoms with van der Waals surface area (Å²) >= 11 is 3.42. The molecule has 8 heteroatoms. The summed E-state index contributed by atoms with van der Waals surface area (Å²) in [4.78, 5) is 13.0. The van der Waals surface area contributed by atoms with Crippen LogP contribution in [0.3, 0.4) is 0 Å². The van der Waals surface area contributed by atoms with Gasteiger partial charge in [0.05, 0.1) is 12.5 Å². The van der Waals surface area contributed by atoms with Gasteiger partial charge in [0.15, 0.2) is 0 Å². The van der Waals surface area contributed by atoms with E-state index in [9.17, 15) is 10.1 Å². The minimum absolute atomic E-state index is 0.00597. The molecule has 0 radical (unpaired) electrons. The van der Waals surface area contributed by atoms with Crippen molar-refractivity contribution in [1.82, 2.24) is 0 Å². The number of ether oxygens (including phenoxy) is 3. The predicted octanol–water partition coefficient (Wildman–Crippen LogP) is 7.51. The molecule has 2 heterocycles. The van der Waals surface area contributed by atoms with Crippen LogP contribution in [0.5, 0.6) is 17.2 Å². The van der Waals surface area contributed by atoms with Gasteiger partial charge in [0, 0.05) is 27.1 Å². The summed E-state index contributed by atoms with van der Waals surface area (Å²) in [5.74, 6) is 0.445. The lowest BCUT2D eigenvalue weighted by molar-refractivity contribution is 0.0702. The number of nitrogens with zero attached hydrogens (tertiary/aromatic N) is 1. The van der Waals surface area contributed by atoms with Crippen LogP contribution in [0.1, 0.15) is 59.3 Å². The Morgan fingerprint density at radius 2 is 1.95 bits per heavy atom. The third kappa shape index (κ3) is 5.36. The molecule has 1 atom stereocenters. The van der Waals surface area contributed by atoms with E-state index in [-0.39, 0.29) is 17.4 Å². The van der Waals surface area contributed by atoms with Crippen molar-refractivity contribution in [1.29, 1.82) is 5.26 Å². The molecule has 0 aliphatic carbocycles. The highest BCUT2D eigenvalue weighted by Gasteiger charge is 2.31. The monoisotopic (exact) mass is 586 g/mol. The number of rotatable bonds is 8. The first kappa shape index (κ1) is 26.4. The summed E-state index contributed by atoms with van der Waals surface area (Å²) in [5.41, 5.74) is 9.34. The molecular formula is C31H27BrN2O5. The fourth-order valence-corrected chi connectivity index (χ4v) is 5.06. The third-order valence-electron chi connectivity index (χ3n) is 6.69. The summed E-state index contributed by atoms with van der Waals surface area (Å²) in [5, 5.41) is 10.7. The minimum atomic E-state index is -0.624. The minimum Gasteiger partial charge on any atom is -0.494 e. The average Bonchev–Trinajstić information content (AvgIpc) is 3.25. The number of carbonyl (C=O) groups excluding carboxylic acids is 1. The van der Waals surface area contributed by atoms with E-state index in [2.05, 4.69) is 28.9 Å². The van der Waals surface area contributed by atoms with Gasteiger partial charge in [-0.2, -0.15) is 5.26 Å². The highest BCUT2D eigenvalue weighted by molar-refractivity contribution is 9.10. The summed E-state index contributed by atoms with van der Waals surface area (Å²) in [6.45, 7) is 4.59. The molecule has 5 rings (SSSR count). The molecule has 4 aromatic rings. The fraction of sp³-hybridized carbons (Fsp3) is 0.226. The van der Waals surface area contributed by atoms with Gasteiger partial charge in [-0.3, -0.25) is 0 Å². The quantitative estimate of drug-likeness (QED) is 0.129. The van der Waals surface area contributed by atoms with Gasteiger partial charge in [-0.1, -0.05) is 53.9 Å². The zero-order valence-corrected chi connectivity index (χ0v) is 23.2. The second-order valence-electron chi connectivity index (χ2n) is 9.34. The first-order chi connectivity index (χ1) is 18.9. The molecular weight excluding hydrogens is 560 g/mol. The molecule has 0 saturated heterocycles. The number of aryl methyl sites for hydroxylation is 1. The van der Waals surface area contributed by atoms with Crippen LogP contribution in [0.25, 0.3) is 11.0 Å². The van der Waals surface area contributed by atoms with Gasteiger partial charge in [-0.15, -0.1) is 0 Å².